The van der Waals surface area contributed by atoms with Gasteiger partial charge in [0.15, 0.2) is 5.96 Å². The largest absolute Gasteiger partial charge is 0.370 e. The lowest BCUT2D eigenvalue weighted by molar-refractivity contribution is -0.00808. The standard InChI is InChI=1S/C24H38N6O/c1-5-25-24(30-13-14-31-23(19-30)21-16-27-28(4)18-21)26-17-22(29(6-2)7-3)15-20-11-9-8-10-12-20/h8-12,16,18,22-23H,5-7,13-15,17,19H2,1-4H3,(H,25,26). The van der Waals surface area contributed by atoms with E-state index >= 15 is 0 Å². The molecule has 1 saturated heterocycles. The number of hydrogen-bond donors (Lipinski definition) is 1. The van der Waals surface area contributed by atoms with E-state index in [9.17, 15) is 0 Å². The molecular weight excluding hydrogens is 388 g/mol. The summed E-state index contributed by atoms with van der Waals surface area (Å²) in [5.74, 6) is 0.977. The summed E-state index contributed by atoms with van der Waals surface area (Å²) in [6, 6.07) is 11.1. The maximum absolute atomic E-state index is 6.03. The smallest absolute Gasteiger partial charge is 0.194 e. The van der Waals surface area contributed by atoms with Crippen molar-refractivity contribution in [3.63, 3.8) is 0 Å². The van der Waals surface area contributed by atoms with Crippen LogP contribution >= 0.6 is 0 Å². The molecule has 1 aliphatic rings. The summed E-state index contributed by atoms with van der Waals surface area (Å²) in [6.45, 7) is 12.6. The van der Waals surface area contributed by atoms with E-state index in [4.69, 9.17) is 9.73 Å². The lowest BCUT2D eigenvalue weighted by Gasteiger charge is -2.35. The lowest BCUT2D eigenvalue weighted by atomic mass is 10.0. The first kappa shape index (κ1) is 23.3. The molecule has 2 unspecified atom stereocenters. The predicted octanol–water partition coefficient (Wildman–Crippen LogP) is 2.71. The fourth-order valence-corrected chi connectivity index (χ4v) is 4.20. The molecule has 170 valence electrons. The van der Waals surface area contributed by atoms with Gasteiger partial charge in [0.05, 0.1) is 25.9 Å². The number of likely N-dealkylation sites (N-methyl/N-ethyl adjacent to an activating group) is 1. The Bertz CT molecular complexity index is 801. The van der Waals surface area contributed by atoms with Gasteiger partial charge in [0.1, 0.15) is 6.10 Å². The van der Waals surface area contributed by atoms with Crippen molar-refractivity contribution in [3.05, 3.63) is 53.9 Å². The van der Waals surface area contributed by atoms with Gasteiger partial charge in [-0.3, -0.25) is 14.6 Å². The summed E-state index contributed by atoms with van der Waals surface area (Å²) in [5.41, 5.74) is 2.48. The highest BCUT2D eigenvalue weighted by atomic mass is 16.5. The number of nitrogens with zero attached hydrogens (tertiary/aromatic N) is 5. The van der Waals surface area contributed by atoms with Gasteiger partial charge in [-0.05, 0) is 32.0 Å². The molecule has 0 saturated carbocycles. The minimum atomic E-state index is 0.0224. The van der Waals surface area contributed by atoms with Crippen LogP contribution in [0, 0.1) is 0 Å². The number of aryl methyl sites for hydroxylation is 1. The predicted molar refractivity (Wildman–Crippen MR) is 126 cm³/mol. The Morgan fingerprint density at radius 3 is 2.68 bits per heavy atom. The molecule has 0 bridgehead atoms. The molecule has 2 atom stereocenters. The van der Waals surface area contributed by atoms with Crippen molar-refractivity contribution < 1.29 is 4.74 Å². The van der Waals surface area contributed by atoms with Gasteiger partial charge in [-0.25, -0.2) is 0 Å². The summed E-state index contributed by atoms with van der Waals surface area (Å²) >= 11 is 0. The van der Waals surface area contributed by atoms with Crippen LogP contribution < -0.4 is 5.32 Å². The average Bonchev–Trinajstić information content (AvgIpc) is 3.24. The number of guanidine groups is 1. The van der Waals surface area contributed by atoms with Gasteiger partial charge in [0, 0.05) is 37.9 Å². The Hall–Kier alpha value is -2.38. The van der Waals surface area contributed by atoms with E-state index in [0.29, 0.717) is 12.6 Å². The van der Waals surface area contributed by atoms with Gasteiger partial charge < -0.3 is 15.0 Å². The lowest BCUT2D eigenvalue weighted by Crippen LogP contribution is -2.49. The molecule has 1 aliphatic heterocycles. The first-order chi connectivity index (χ1) is 15.1. The van der Waals surface area contributed by atoms with E-state index in [1.54, 1.807) is 0 Å². The third-order valence-electron chi connectivity index (χ3n) is 5.89. The fraction of sp³-hybridized carbons (Fsp3) is 0.583. The van der Waals surface area contributed by atoms with Gasteiger partial charge in [-0.2, -0.15) is 5.10 Å². The molecule has 1 aromatic heterocycles. The fourth-order valence-electron chi connectivity index (χ4n) is 4.20. The number of rotatable bonds is 9. The Morgan fingerprint density at radius 2 is 2.03 bits per heavy atom. The second-order valence-corrected chi connectivity index (χ2v) is 8.01. The molecule has 7 nitrogen and oxygen atoms in total. The highest BCUT2D eigenvalue weighted by molar-refractivity contribution is 5.80. The van der Waals surface area contributed by atoms with Gasteiger partial charge in [-0.1, -0.05) is 44.2 Å². The Morgan fingerprint density at radius 1 is 1.26 bits per heavy atom. The summed E-state index contributed by atoms with van der Waals surface area (Å²) in [6.07, 6.45) is 4.96. The molecule has 1 fully saturated rings. The minimum absolute atomic E-state index is 0.0224. The maximum Gasteiger partial charge on any atom is 0.194 e. The molecule has 0 aliphatic carbocycles. The van der Waals surface area contributed by atoms with Crippen LogP contribution in [0.15, 0.2) is 47.7 Å². The Balaban J connectivity index is 1.73. The molecule has 1 N–H and O–H groups in total. The second kappa shape index (κ2) is 11.9. The van der Waals surface area contributed by atoms with Gasteiger partial charge in [0.25, 0.3) is 0 Å². The van der Waals surface area contributed by atoms with E-state index in [0.717, 1.165) is 57.2 Å². The molecule has 2 heterocycles. The van der Waals surface area contributed by atoms with Crippen LogP contribution in [-0.2, 0) is 18.2 Å². The zero-order valence-electron chi connectivity index (χ0n) is 19.5. The SMILES string of the molecule is CCNC(=NCC(Cc1ccccc1)N(CC)CC)N1CCOC(c2cnn(C)c2)C1. The van der Waals surface area contributed by atoms with Crippen molar-refractivity contribution in [1.82, 2.24) is 24.9 Å². The summed E-state index contributed by atoms with van der Waals surface area (Å²) in [4.78, 5) is 9.93. The Kier molecular flexibility index (Phi) is 8.91. The molecule has 0 radical (unpaired) electrons. The highest BCUT2D eigenvalue weighted by Crippen LogP contribution is 2.21. The molecule has 7 heteroatoms. The zero-order valence-corrected chi connectivity index (χ0v) is 19.5. The number of ether oxygens (including phenoxy) is 1. The van der Waals surface area contributed by atoms with Crippen molar-refractivity contribution >= 4 is 5.96 Å². The number of aromatic nitrogens is 2. The third-order valence-corrected chi connectivity index (χ3v) is 5.89. The zero-order chi connectivity index (χ0) is 22.1. The molecular formula is C24H38N6O. The first-order valence-corrected chi connectivity index (χ1v) is 11.6. The van der Waals surface area contributed by atoms with E-state index in [1.807, 2.05) is 24.1 Å². The van der Waals surface area contributed by atoms with Crippen LogP contribution in [0.1, 0.15) is 38.0 Å². The number of benzene rings is 1. The number of aliphatic imine (C=N–C) groups is 1. The van der Waals surface area contributed by atoms with Gasteiger partial charge >= 0.3 is 0 Å². The summed E-state index contributed by atoms with van der Waals surface area (Å²) in [5, 5.41) is 7.81. The van der Waals surface area contributed by atoms with Crippen molar-refractivity contribution in [2.45, 2.75) is 39.3 Å². The van der Waals surface area contributed by atoms with Crippen LogP contribution in [0.5, 0.6) is 0 Å². The molecule has 2 aromatic rings. The number of morpholine rings is 1. The van der Waals surface area contributed by atoms with Crippen LogP contribution in [0.4, 0.5) is 0 Å². The normalized spacial score (nSPS) is 18.4. The van der Waals surface area contributed by atoms with Crippen LogP contribution in [0.3, 0.4) is 0 Å². The first-order valence-electron chi connectivity index (χ1n) is 11.6. The highest BCUT2D eigenvalue weighted by Gasteiger charge is 2.25. The maximum atomic E-state index is 6.03. The summed E-state index contributed by atoms with van der Waals surface area (Å²) < 4.78 is 7.86. The molecule has 3 rings (SSSR count). The van der Waals surface area contributed by atoms with E-state index in [-0.39, 0.29) is 6.10 Å². The third kappa shape index (κ3) is 6.55. The minimum Gasteiger partial charge on any atom is -0.370 e. The monoisotopic (exact) mass is 426 g/mol. The van der Waals surface area contributed by atoms with Crippen molar-refractivity contribution in [1.29, 1.82) is 0 Å². The van der Waals surface area contributed by atoms with Crippen LogP contribution in [-0.4, -0.2) is 77.5 Å². The van der Waals surface area contributed by atoms with Crippen LogP contribution in [0.25, 0.3) is 0 Å². The molecule has 31 heavy (non-hydrogen) atoms. The quantitative estimate of drug-likeness (QED) is 0.494. The van der Waals surface area contributed by atoms with E-state index in [1.165, 1.54) is 5.56 Å². The molecule has 0 amide bonds. The second-order valence-electron chi connectivity index (χ2n) is 8.01. The van der Waals surface area contributed by atoms with Gasteiger partial charge in [-0.15, -0.1) is 0 Å². The topological polar surface area (TPSA) is 57.9 Å². The van der Waals surface area contributed by atoms with E-state index in [2.05, 4.69) is 71.3 Å². The Labute approximate surface area is 187 Å². The summed E-state index contributed by atoms with van der Waals surface area (Å²) in [7, 11) is 1.94. The van der Waals surface area contributed by atoms with E-state index < -0.39 is 0 Å². The van der Waals surface area contributed by atoms with Crippen molar-refractivity contribution in [3.8, 4) is 0 Å². The molecule has 1 aromatic carbocycles. The number of hydrogen-bond acceptors (Lipinski definition) is 4. The average molecular weight is 427 g/mol. The van der Waals surface area contributed by atoms with Crippen LogP contribution in [0.2, 0.25) is 0 Å². The van der Waals surface area contributed by atoms with Crippen molar-refractivity contribution in [2.75, 3.05) is 45.9 Å². The number of nitrogens with one attached hydrogen (secondary N) is 1. The van der Waals surface area contributed by atoms with Crippen molar-refractivity contribution in [2.24, 2.45) is 12.0 Å². The molecule has 0 spiro atoms. The van der Waals surface area contributed by atoms with Gasteiger partial charge in [0.2, 0.25) is 0 Å².